The Hall–Kier alpha value is -3.06. The van der Waals surface area contributed by atoms with Crippen LogP contribution in [0.1, 0.15) is 11.3 Å². The number of hydrogen-bond acceptors (Lipinski definition) is 0. The van der Waals surface area contributed by atoms with E-state index in [0.717, 1.165) is 0 Å². The number of rotatable bonds is 3. The van der Waals surface area contributed by atoms with Crippen LogP contribution < -0.4 is 0 Å². The van der Waals surface area contributed by atoms with E-state index in [4.69, 9.17) is 0 Å². The fraction of sp³-hybridized carbons (Fsp3) is 0.0435. The highest BCUT2D eigenvalue weighted by atomic mass is 15.0. The van der Waals surface area contributed by atoms with Crippen LogP contribution in [0, 0.1) is 6.92 Å². The Bertz CT molecular complexity index is 1070. The van der Waals surface area contributed by atoms with E-state index in [1.54, 1.807) is 0 Å². The molecular formula is C23H19N. The topological polar surface area (TPSA) is 4.93 Å². The zero-order chi connectivity index (χ0) is 16.5. The van der Waals surface area contributed by atoms with E-state index in [1.165, 1.54) is 38.6 Å². The third-order valence-corrected chi connectivity index (χ3v) is 4.57. The van der Waals surface area contributed by atoms with E-state index in [9.17, 15) is 0 Å². The average molecular weight is 309 g/mol. The average Bonchev–Trinajstić information content (AvgIpc) is 2.91. The van der Waals surface area contributed by atoms with E-state index in [-0.39, 0.29) is 0 Å². The van der Waals surface area contributed by atoms with Crippen LogP contribution >= 0.6 is 0 Å². The molecule has 0 bridgehead atoms. The second-order valence-electron chi connectivity index (χ2n) is 5.94. The quantitative estimate of drug-likeness (QED) is 0.392. The highest BCUT2D eigenvalue weighted by Gasteiger charge is 2.14. The van der Waals surface area contributed by atoms with Gasteiger partial charge in [0, 0.05) is 22.0 Å². The van der Waals surface area contributed by atoms with Crippen molar-refractivity contribution in [2.45, 2.75) is 6.92 Å². The minimum Gasteiger partial charge on any atom is -0.313 e. The Kier molecular flexibility index (Phi) is 3.55. The molecule has 0 aliphatic heterocycles. The minimum atomic E-state index is 1.22. The zero-order valence-electron chi connectivity index (χ0n) is 13.7. The number of aromatic nitrogens is 1. The summed E-state index contributed by atoms with van der Waals surface area (Å²) in [7, 11) is 0. The lowest BCUT2D eigenvalue weighted by atomic mass is 10.1. The molecule has 4 aromatic rings. The highest BCUT2D eigenvalue weighted by Crippen LogP contribution is 2.33. The summed E-state index contributed by atoms with van der Waals surface area (Å²) in [6.45, 7) is 5.98. The molecule has 0 N–H and O–H groups in total. The van der Waals surface area contributed by atoms with Crippen LogP contribution in [0.15, 0.2) is 85.5 Å². The molecule has 0 aliphatic rings. The normalized spacial score (nSPS) is 11.5. The number of para-hydroxylation sites is 1. The Morgan fingerprint density at radius 3 is 2.38 bits per heavy atom. The van der Waals surface area contributed by atoms with Gasteiger partial charge in [0.2, 0.25) is 0 Å². The SMILES string of the molecule is C=C/C=C\c1c(C)n(-c2cccc3ccccc23)c2ccccc12. The largest absolute Gasteiger partial charge is 0.313 e. The third kappa shape index (κ3) is 2.17. The lowest BCUT2D eigenvalue weighted by Gasteiger charge is -2.12. The van der Waals surface area contributed by atoms with Gasteiger partial charge in [-0.2, -0.15) is 0 Å². The molecule has 0 atom stereocenters. The molecule has 4 rings (SSSR count). The standard InChI is InChI=1S/C23H19N/c1-3-4-12-19-17(2)24(23-15-8-7-14-21(19)23)22-16-9-11-18-10-5-6-13-20(18)22/h3-16H,1H2,2H3/b12-4-. The van der Waals surface area contributed by atoms with Gasteiger partial charge < -0.3 is 4.57 Å². The Morgan fingerprint density at radius 1 is 0.833 bits per heavy atom. The second-order valence-corrected chi connectivity index (χ2v) is 5.94. The maximum atomic E-state index is 3.80. The van der Waals surface area contributed by atoms with Crippen molar-refractivity contribution in [3.63, 3.8) is 0 Å². The van der Waals surface area contributed by atoms with Gasteiger partial charge >= 0.3 is 0 Å². The van der Waals surface area contributed by atoms with Crippen LogP contribution in [-0.4, -0.2) is 4.57 Å². The molecule has 0 saturated carbocycles. The van der Waals surface area contributed by atoms with Gasteiger partial charge in [0.1, 0.15) is 0 Å². The summed E-state index contributed by atoms with van der Waals surface area (Å²) in [5, 5.41) is 3.79. The molecule has 0 radical (unpaired) electrons. The Balaban J connectivity index is 2.12. The first-order valence-electron chi connectivity index (χ1n) is 8.18. The zero-order valence-corrected chi connectivity index (χ0v) is 13.7. The first-order chi connectivity index (χ1) is 11.8. The predicted molar refractivity (Wildman–Crippen MR) is 105 cm³/mol. The second kappa shape index (κ2) is 5.86. The van der Waals surface area contributed by atoms with Gasteiger partial charge in [-0.3, -0.25) is 0 Å². The van der Waals surface area contributed by atoms with Crippen molar-refractivity contribution in [2.75, 3.05) is 0 Å². The molecule has 0 saturated heterocycles. The van der Waals surface area contributed by atoms with Crippen LogP contribution in [0.4, 0.5) is 0 Å². The summed E-state index contributed by atoms with van der Waals surface area (Å²) < 4.78 is 2.36. The molecule has 0 fully saturated rings. The summed E-state index contributed by atoms with van der Waals surface area (Å²) in [5.74, 6) is 0. The van der Waals surface area contributed by atoms with Crippen molar-refractivity contribution in [1.82, 2.24) is 4.57 Å². The van der Waals surface area contributed by atoms with Crippen molar-refractivity contribution in [3.8, 4) is 5.69 Å². The van der Waals surface area contributed by atoms with Gasteiger partial charge in [0.05, 0.1) is 11.2 Å². The van der Waals surface area contributed by atoms with Crippen LogP contribution in [0.2, 0.25) is 0 Å². The van der Waals surface area contributed by atoms with Crippen molar-refractivity contribution in [2.24, 2.45) is 0 Å². The van der Waals surface area contributed by atoms with E-state index in [2.05, 4.69) is 90.9 Å². The summed E-state index contributed by atoms with van der Waals surface area (Å²) in [5.41, 5.74) is 4.94. The number of hydrogen-bond donors (Lipinski definition) is 0. The van der Waals surface area contributed by atoms with E-state index in [0.29, 0.717) is 0 Å². The lowest BCUT2D eigenvalue weighted by Crippen LogP contribution is -1.97. The van der Waals surface area contributed by atoms with Gasteiger partial charge in [-0.1, -0.05) is 79.4 Å². The Morgan fingerprint density at radius 2 is 1.54 bits per heavy atom. The van der Waals surface area contributed by atoms with Gasteiger partial charge in [0.25, 0.3) is 0 Å². The molecule has 0 aliphatic carbocycles. The molecular weight excluding hydrogens is 290 g/mol. The molecule has 1 nitrogen and oxygen atoms in total. The summed E-state index contributed by atoms with van der Waals surface area (Å²) in [6, 6.07) is 23.6. The van der Waals surface area contributed by atoms with E-state index >= 15 is 0 Å². The minimum absolute atomic E-state index is 1.22. The monoisotopic (exact) mass is 309 g/mol. The maximum absolute atomic E-state index is 3.80. The van der Waals surface area contributed by atoms with Crippen LogP contribution in [-0.2, 0) is 0 Å². The number of benzene rings is 3. The van der Waals surface area contributed by atoms with Gasteiger partial charge in [-0.25, -0.2) is 0 Å². The maximum Gasteiger partial charge on any atom is 0.0537 e. The third-order valence-electron chi connectivity index (χ3n) is 4.57. The molecule has 0 spiro atoms. The first-order valence-corrected chi connectivity index (χ1v) is 8.18. The summed E-state index contributed by atoms with van der Waals surface area (Å²) in [4.78, 5) is 0. The van der Waals surface area contributed by atoms with Crippen LogP contribution in [0.5, 0.6) is 0 Å². The summed E-state index contributed by atoms with van der Waals surface area (Å²) in [6.07, 6.45) is 5.97. The smallest absolute Gasteiger partial charge is 0.0537 e. The van der Waals surface area contributed by atoms with Gasteiger partial charge in [-0.15, -0.1) is 0 Å². The highest BCUT2D eigenvalue weighted by molar-refractivity contribution is 5.97. The van der Waals surface area contributed by atoms with E-state index < -0.39 is 0 Å². The molecule has 1 heterocycles. The molecule has 1 aromatic heterocycles. The lowest BCUT2D eigenvalue weighted by molar-refractivity contribution is 1.06. The molecule has 116 valence electrons. The number of nitrogens with zero attached hydrogens (tertiary/aromatic N) is 1. The van der Waals surface area contributed by atoms with Crippen molar-refractivity contribution < 1.29 is 0 Å². The van der Waals surface area contributed by atoms with Crippen molar-refractivity contribution in [1.29, 1.82) is 0 Å². The van der Waals surface area contributed by atoms with Crippen LogP contribution in [0.3, 0.4) is 0 Å². The fourth-order valence-electron chi connectivity index (χ4n) is 3.48. The molecule has 1 heteroatoms. The number of fused-ring (bicyclic) bond motifs is 2. The van der Waals surface area contributed by atoms with Crippen molar-refractivity contribution in [3.05, 3.63) is 96.7 Å². The fourth-order valence-corrected chi connectivity index (χ4v) is 3.48. The Labute approximate surface area is 142 Å². The molecule has 24 heavy (non-hydrogen) atoms. The number of allylic oxidation sites excluding steroid dienone is 2. The van der Waals surface area contributed by atoms with Crippen molar-refractivity contribution >= 4 is 27.8 Å². The molecule has 3 aromatic carbocycles. The van der Waals surface area contributed by atoms with E-state index in [1.807, 2.05) is 12.2 Å². The molecule has 0 unspecified atom stereocenters. The van der Waals surface area contributed by atoms with Gasteiger partial charge in [-0.05, 0) is 24.4 Å². The summed E-state index contributed by atoms with van der Waals surface area (Å²) >= 11 is 0. The molecule has 0 amide bonds. The first kappa shape index (κ1) is 14.5. The van der Waals surface area contributed by atoms with Crippen LogP contribution in [0.25, 0.3) is 33.4 Å². The predicted octanol–water partition coefficient (Wildman–Crippen LogP) is 6.29. The van der Waals surface area contributed by atoms with Gasteiger partial charge in [0.15, 0.2) is 0 Å².